The summed E-state index contributed by atoms with van der Waals surface area (Å²) < 4.78 is 15.6. The molecule has 128 valence electrons. The highest BCUT2D eigenvalue weighted by molar-refractivity contribution is 5.93. The Labute approximate surface area is 144 Å². The summed E-state index contributed by atoms with van der Waals surface area (Å²) in [4.78, 5) is 11.5. The molecule has 2 N–H and O–H groups in total. The first-order chi connectivity index (χ1) is 12.0. The largest absolute Gasteiger partial charge is 0.504 e. The second-order valence-electron chi connectivity index (χ2n) is 5.27. The number of methoxy groups -OCH3 is 2. The van der Waals surface area contributed by atoms with E-state index in [1.165, 1.54) is 32.4 Å². The molecule has 25 heavy (non-hydrogen) atoms. The van der Waals surface area contributed by atoms with E-state index in [-0.39, 0.29) is 23.0 Å². The first-order valence-electron chi connectivity index (χ1n) is 7.42. The summed E-state index contributed by atoms with van der Waals surface area (Å²) in [5.74, 6) is 0.453. The van der Waals surface area contributed by atoms with E-state index in [0.717, 1.165) is 0 Å². The number of benzene rings is 2. The minimum absolute atomic E-state index is 0.00199. The molecule has 0 fully saturated rings. The number of ether oxygens (including phenoxy) is 3. The van der Waals surface area contributed by atoms with Crippen LogP contribution in [0.15, 0.2) is 54.3 Å². The van der Waals surface area contributed by atoms with E-state index in [1.807, 2.05) is 0 Å². The third-order valence-electron chi connectivity index (χ3n) is 3.76. The van der Waals surface area contributed by atoms with Gasteiger partial charge in [0.05, 0.1) is 14.2 Å². The summed E-state index contributed by atoms with van der Waals surface area (Å²) in [6.45, 7) is 0. The van der Waals surface area contributed by atoms with Gasteiger partial charge in [0.15, 0.2) is 23.0 Å². The number of allylic oxidation sites excluding steroid dienone is 1. The van der Waals surface area contributed by atoms with Crippen molar-refractivity contribution >= 4 is 11.5 Å². The van der Waals surface area contributed by atoms with Gasteiger partial charge in [-0.05, 0) is 41.5 Å². The summed E-state index contributed by atoms with van der Waals surface area (Å²) in [5, 5.41) is 19.6. The first-order valence-corrected chi connectivity index (χ1v) is 7.42. The second kappa shape index (κ2) is 6.60. The number of cyclic esters (lactones) is 1. The Balaban J connectivity index is 2.22. The molecule has 0 aliphatic carbocycles. The first kappa shape index (κ1) is 16.4. The molecule has 0 saturated carbocycles. The maximum Gasteiger partial charge on any atom is 0.336 e. The fourth-order valence-corrected chi connectivity index (χ4v) is 2.57. The molecule has 0 radical (unpaired) electrons. The number of phenols is 2. The number of aromatic hydroxyl groups is 2. The molecule has 2 aromatic rings. The average Bonchev–Trinajstić information content (AvgIpc) is 3.03. The average molecular weight is 340 g/mol. The van der Waals surface area contributed by atoms with Gasteiger partial charge in [0.1, 0.15) is 5.76 Å². The highest BCUT2D eigenvalue weighted by Gasteiger charge is 2.20. The van der Waals surface area contributed by atoms with Crippen molar-refractivity contribution in [3.63, 3.8) is 0 Å². The SMILES string of the molecule is COc1cc(C(=C2C=CC(=O)O2)c2ccc(O)c(OC)c2)ccc1O. The van der Waals surface area contributed by atoms with Crippen LogP contribution in [0, 0.1) is 0 Å². The van der Waals surface area contributed by atoms with E-state index in [1.54, 1.807) is 30.3 Å². The van der Waals surface area contributed by atoms with Crippen molar-refractivity contribution in [3.8, 4) is 23.0 Å². The molecule has 0 bridgehead atoms. The number of carbonyl (C=O) groups excluding carboxylic acids is 1. The zero-order valence-corrected chi connectivity index (χ0v) is 13.6. The molecule has 1 aliphatic rings. The molecule has 6 heteroatoms. The van der Waals surface area contributed by atoms with Crippen LogP contribution in [0.4, 0.5) is 0 Å². The van der Waals surface area contributed by atoms with Crippen molar-refractivity contribution in [2.24, 2.45) is 0 Å². The van der Waals surface area contributed by atoms with E-state index in [2.05, 4.69) is 0 Å². The van der Waals surface area contributed by atoms with Crippen molar-refractivity contribution < 1.29 is 29.2 Å². The summed E-state index contributed by atoms with van der Waals surface area (Å²) in [5.41, 5.74) is 1.92. The standard InChI is InChI=1S/C19H16O6/c1-23-16-9-11(3-5-13(16)20)19(15-7-8-18(22)25-15)12-4-6-14(21)17(10-12)24-2/h3-10,20-21H,1-2H3. The van der Waals surface area contributed by atoms with E-state index in [9.17, 15) is 15.0 Å². The van der Waals surface area contributed by atoms with Crippen LogP contribution in [0.3, 0.4) is 0 Å². The van der Waals surface area contributed by atoms with Gasteiger partial charge >= 0.3 is 5.97 Å². The van der Waals surface area contributed by atoms with Gasteiger partial charge in [-0.25, -0.2) is 4.79 Å². The smallest absolute Gasteiger partial charge is 0.336 e. The van der Waals surface area contributed by atoms with Crippen LogP contribution in [0.25, 0.3) is 5.57 Å². The molecule has 0 spiro atoms. The second-order valence-corrected chi connectivity index (χ2v) is 5.27. The fraction of sp³-hybridized carbons (Fsp3) is 0.105. The zero-order chi connectivity index (χ0) is 18.0. The lowest BCUT2D eigenvalue weighted by Crippen LogP contribution is -1.98. The maximum absolute atomic E-state index is 11.5. The van der Waals surface area contributed by atoms with E-state index >= 15 is 0 Å². The van der Waals surface area contributed by atoms with Crippen LogP contribution in [-0.4, -0.2) is 30.4 Å². The molecule has 0 amide bonds. The van der Waals surface area contributed by atoms with Crippen molar-refractivity contribution in [3.05, 3.63) is 65.4 Å². The minimum atomic E-state index is -0.469. The molecule has 2 aromatic carbocycles. The molecule has 6 nitrogen and oxygen atoms in total. The zero-order valence-electron chi connectivity index (χ0n) is 13.6. The fourth-order valence-electron chi connectivity index (χ4n) is 2.57. The lowest BCUT2D eigenvalue weighted by Gasteiger charge is -2.14. The Morgan fingerprint density at radius 2 is 1.40 bits per heavy atom. The minimum Gasteiger partial charge on any atom is -0.504 e. The quantitative estimate of drug-likeness (QED) is 0.832. The van der Waals surface area contributed by atoms with E-state index < -0.39 is 5.97 Å². The number of phenolic OH excluding ortho intramolecular Hbond substituents is 2. The summed E-state index contributed by atoms with van der Waals surface area (Å²) >= 11 is 0. The number of carbonyl (C=O) groups is 1. The van der Waals surface area contributed by atoms with Crippen LogP contribution in [0.1, 0.15) is 11.1 Å². The third-order valence-corrected chi connectivity index (χ3v) is 3.76. The van der Waals surface area contributed by atoms with Crippen LogP contribution >= 0.6 is 0 Å². The molecule has 1 aliphatic heterocycles. The number of esters is 1. The Kier molecular flexibility index (Phi) is 4.35. The van der Waals surface area contributed by atoms with Gasteiger partial charge in [0, 0.05) is 11.6 Å². The third kappa shape index (κ3) is 3.14. The van der Waals surface area contributed by atoms with Gasteiger partial charge in [-0.15, -0.1) is 0 Å². The van der Waals surface area contributed by atoms with Crippen molar-refractivity contribution in [1.29, 1.82) is 0 Å². The van der Waals surface area contributed by atoms with Crippen molar-refractivity contribution in [1.82, 2.24) is 0 Å². The molecule has 3 rings (SSSR count). The van der Waals surface area contributed by atoms with Crippen LogP contribution in [0.2, 0.25) is 0 Å². The molecule has 1 heterocycles. The van der Waals surface area contributed by atoms with Gasteiger partial charge < -0.3 is 24.4 Å². The Morgan fingerprint density at radius 3 is 1.80 bits per heavy atom. The molecule has 0 saturated heterocycles. The van der Waals surface area contributed by atoms with Crippen LogP contribution in [-0.2, 0) is 9.53 Å². The van der Waals surface area contributed by atoms with Crippen LogP contribution in [0.5, 0.6) is 23.0 Å². The molecular weight excluding hydrogens is 324 g/mol. The molecule has 0 unspecified atom stereocenters. The van der Waals surface area contributed by atoms with Crippen molar-refractivity contribution in [2.75, 3.05) is 14.2 Å². The monoisotopic (exact) mass is 340 g/mol. The Hall–Kier alpha value is -3.41. The van der Waals surface area contributed by atoms with Gasteiger partial charge in [-0.3, -0.25) is 0 Å². The predicted octanol–water partition coefficient (Wildman–Crippen LogP) is 2.99. The van der Waals surface area contributed by atoms with E-state index in [4.69, 9.17) is 14.2 Å². The molecular formula is C19H16O6. The van der Waals surface area contributed by atoms with Gasteiger partial charge in [0.2, 0.25) is 0 Å². The van der Waals surface area contributed by atoms with Gasteiger partial charge in [-0.2, -0.15) is 0 Å². The predicted molar refractivity (Wildman–Crippen MR) is 90.6 cm³/mol. The van der Waals surface area contributed by atoms with Crippen molar-refractivity contribution in [2.45, 2.75) is 0 Å². The Morgan fingerprint density at radius 1 is 0.880 bits per heavy atom. The number of hydrogen-bond donors (Lipinski definition) is 2. The summed E-state index contributed by atoms with van der Waals surface area (Å²) in [7, 11) is 2.90. The topological polar surface area (TPSA) is 85.2 Å². The summed E-state index contributed by atoms with van der Waals surface area (Å²) in [6, 6.07) is 9.62. The maximum atomic E-state index is 11.5. The highest BCUT2D eigenvalue weighted by Crippen LogP contribution is 2.38. The van der Waals surface area contributed by atoms with Gasteiger partial charge in [-0.1, -0.05) is 12.1 Å². The van der Waals surface area contributed by atoms with E-state index in [0.29, 0.717) is 22.5 Å². The number of rotatable bonds is 4. The highest BCUT2D eigenvalue weighted by atomic mass is 16.5. The lowest BCUT2D eigenvalue weighted by molar-refractivity contribution is -0.132. The molecule has 0 atom stereocenters. The normalized spacial score (nSPS) is 12.9. The lowest BCUT2D eigenvalue weighted by atomic mass is 9.95. The number of hydrogen-bond acceptors (Lipinski definition) is 6. The summed E-state index contributed by atoms with van der Waals surface area (Å²) in [6.07, 6.45) is 2.89. The molecule has 0 aromatic heterocycles. The Bertz CT molecular complexity index is 839. The van der Waals surface area contributed by atoms with Crippen LogP contribution < -0.4 is 9.47 Å². The van der Waals surface area contributed by atoms with Gasteiger partial charge in [0.25, 0.3) is 0 Å².